The number of rotatable bonds is 5. The van der Waals surface area contributed by atoms with Gasteiger partial charge in [0.1, 0.15) is 5.75 Å². The monoisotopic (exact) mass is 462 g/mol. The van der Waals surface area contributed by atoms with Gasteiger partial charge in [-0.1, -0.05) is 124 Å². The van der Waals surface area contributed by atoms with Crippen molar-refractivity contribution in [2.75, 3.05) is 7.11 Å². The molecule has 0 radical (unpaired) electrons. The van der Waals surface area contributed by atoms with Gasteiger partial charge in [-0.3, -0.25) is 0 Å². The molecule has 0 heterocycles. The molecule has 0 saturated heterocycles. The molecule has 5 rings (SSSR count). The number of benzene rings is 4. The van der Waals surface area contributed by atoms with E-state index >= 15 is 0 Å². The van der Waals surface area contributed by atoms with Crippen LogP contribution in [-0.2, 0) is 5.41 Å². The molecule has 1 unspecified atom stereocenters. The van der Waals surface area contributed by atoms with Crippen LogP contribution in [0.4, 0.5) is 0 Å². The SMILES string of the molecule is COc1c(-c2ccccc2)cccc1C(C)(C)c1cccc2c1C([Si](C)(C)C)c1ccccc1-2. The van der Waals surface area contributed by atoms with Crippen molar-refractivity contribution in [1.29, 1.82) is 0 Å². The summed E-state index contributed by atoms with van der Waals surface area (Å²) in [5, 5.41) is 0. The lowest BCUT2D eigenvalue weighted by Gasteiger charge is -2.35. The molecule has 0 N–H and O–H groups in total. The molecular formula is C32H34OSi. The lowest BCUT2D eigenvalue weighted by molar-refractivity contribution is 0.402. The topological polar surface area (TPSA) is 9.23 Å². The van der Waals surface area contributed by atoms with Crippen LogP contribution in [0.25, 0.3) is 22.3 Å². The van der Waals surface area contributed by atoms with Crippen molar-refractivity contribution in [3.8, 4) is 28.0 Å². The summed E-state index contributed by atoms with van der Waals surface area (Å²) < 4.78 is 6.12. The molecular weight excluding hydrogens is 428 g/mol. The predicted molar refractivity (Wildman–Crippen MR) is 148 cm³/mol. The van der Waals surface area contributed by atoms with Crippen LogP contribution in [-0.4, -0.2) is 15.2 Å². The van der Waals surface area contributed by atoms with E-state index in [1.807, 2.05) is 0 Å². The van der Waals surface area contributed by atoms with Crippen LogP contribution in [0.1, 0.15) is 41.6 Å². The molecule has 4 aromatic rings. The Morgan fingerprint density at radius 3 is 1.91 bits per heavy atom. The Morgan fingerprint density at radius 2 is 1.24 bits per heavy atom. The third-order valence-corrected chi connectivity index (χ3v) is 9.81. The highest BCUT2D eigenvalue weighted by atomic mass is 28.3. The maximum atomic E-state index is 6.12. The first-order valence-corrected chi connectivity index (χ1v) is 15.8. The summed E-state index contributed by atoms with van der Waals surface area (Å²) in [6.07, 6.45) is 0. The number of fused-ring (bicyclic) bond motifs is 3. The first-order chi connectivity index (χ1) is 16.2. The van der Waals surface area contributed by atoms with Crippen LogP contribution in [0.2, 0.25) is 19.6 Å². The summed E-state index contributed by atoms with van der Waals surface area (Å²) in [4.78, 5) is 0. The minimum atomic E-state index is -1.55. The molecule has 1 aliphatic rings. The normalized spacial score (nSPS) is 15.1. The Hall–Kier alpha value is -3.10. The van der Waals surface area contributed by atoms with Crippen LogP contribution in [0.15, 0.2) is 91.0 Å². The standard InChI is InChI=1S/C32H34OSi/c1-32(2,28-21-12-18-23(30(28)33-3)22-14-8-7-9-15-22)27-20-13-19-25-24-16-10-11-17-26(24)31(29(25)27)34(4,5)6/h7-21,31H,1-6H3. The van der Waals surface area contributed by atoms with E-state index in [2.05, 4.69) is 124 Å². The van der Waals surface area contributed by atoms with Crippen molar-refractivity contribution < 1.29 is 4.74 Å². The van der Waals surface area contributed by atoms with Crippen LogP contribution in [0.5, 0.6) is 5.75 Å². The molecule has 0 amide bonds. The summed E-state index contributed by atoms with van der Waals surface area (Å²) in [7, 11) is 0.249. The lowest BCUT2D eigenvalue weighted by Crippen LogP contribution is -2.33. The molecule has 1 aliphatic carbocycles. The van der Waals surface area contributed by atoms with Crippen molar-refractivity contribution in [1.82, 2.24) is 0 Å². The number of para-hydroxylation sites is 1. The maximum Gasteiger partial charge on any atom is 0.130 e. The summed E-state index contributed by atoms with van der Waals surface area (Å²) in [5.41, 5.74) is 11.1. The highest BCUT2D eigenvalue weighted by Crippen LogP contribution is 2.54. The zero-order chi connectivity index (χ0) is 24.1. The molecule has 0 aliphatic heterocycles. The van der Waals surface area contributed by atoms with E-state index in [9.17, 15) is 0 Å². The van der Waals surface area contributed by atoms with Gasteiger partial charge in [0.15, 0.2) is 0 Å². The molecule has 34 heavy (non-hydrogen) atoms. The molecule has 0 bridgehead atoms. The van der Waals surface area contributed by atoms with Gasteiger partial charge in [-0.05, 0) is 33.4 Å². The van der Waals surface area contributed by atoms with E-state index in [-0.39, 0.29) is 5.41 Å². The fourth-order valence-electron chi connectivity index (χ4n) is 5.94. The Labute approximate surface area is 205 Å². The molecule has 4 aromatic carbocycles. The first kappa shape index (κ1) is 22.7. The van der Waals surface area contributed by atoms with Crippen LogP contribution >= 0.6 is 0 Å². The minimum Gasteiger partial charge on any atom is -0.496 e. The Kier molecular flexibility index (Phi) is 5.53. The molecule has 1 atom stereocenters. The average molecular weight is 463 g/mol. The summed E-state index contributed by atoms with van der Waals surface area (Å²) >= 11 is 0. The third-order valence-electron chi connectivity index (χ3n) is 7.47. The lowest BCUT2D eigenvalue weighted by atomic mass is 9.74. The van der Waals surface area contributed by atoms with Gasteiger partial charge in [0.2, 0.25) is 0 Å². The van der Waals surface area contributed by atoms with E-state index in [4.69, 9.17) is 4.74 Å². The van der Waals surface area contributed by atoms with Crippen molar-refractivity contribution in [2.45, 2.75) is 44.4 Å². The van der Waals surface area contributed by atoms with Crippen molar-refractivity contribution in [3.05, 3.63) is 113 Å². The van der Waals surface area contributed by atoms with Gasteiger partial charge in [0.25, 0.3) is 0 Å². The Morgan fingerprint density at radius 1 is 0.647 bits per heavy atom. The van der Waals surface area contributed by atoms with E-state index in [0.29, 0.717) is 5.54 Å². The van der Waals surface area contributed by atoms with Gasteiger partial charge >= 0.3 is 0 Å². The average Bonchev–Trinajstić information content (AvgIpc) is 3.19. The van der Waals surface area contributed by atoms with Gasteiger partial charge in [0, 0.05) is 22.1 Å². The second kappa shape index (κ2) is 8.28. The highest BCUT2D eigenvalue weighted by Gasteiger charge is 2.42. The predicted octanol–water partition coefficient (Wildman–Crippen LogP) is 8.68. The van der Waals surface area contributed by atoms with Crippen molar-refractivity contribution >= 4 is 8.07 Å². The molecule has 172 valence electrons. The molecule has 0 spiro atoms. The number of hydrogen-bond donors (Lipinski definition) is 0. The number of hydrogen-bond acceptors (Lipinski definition) is 1. The zero-order valence-corrected chi connectivity index (χ0v) is 22.1. The highest BCUT2D eigenvalue weighted by molar-refractivity contribution is 6.78. The first-order valence-electron chi connectivity index (χ1n) is 12.2. The second-order valence-corrected chi connectivity index (χ2v) is 16.3. The largest absolute Gasteiger partial charge is 0.496 e. The van der Waals surface area contributed by atoms with Crippen LogP contribution < -0.4 is 4.74 Å². The van der Waals surface area contributed by atoms with Crippen molar-refractivity contribution in [2.24, 2.45) is 0 Å². The van der Waals surface area contributed by atoms with Gasteiger partial charge in [-0.2, -0.15) is 0 Å². The molecule has 0 fully saturated rings. The fraction of sp³-hybridized carbons (Fsp3) is 0.250. The maximum absolute atomic E-state index is 6.12. The van der Waals surface area contributed by atoms with Gasteiger partial charge in [-0.15, -0.1) is 0 Å². The van der Waals surface area contributed by atoms with Gasteiger partial charge in [-0.25, -0.2) is 0 Å². The molecule has 1 nitrogen and oxygen atoms in total. The van der Waals surface area contributed by atoms with Gasteiger partial charge < -0.3 is 4.74 Å². The van der Waals surface area contributed by atoms with E-state index in [1.54, 1.807) is 7.11 Å². The van der Waals surface area contributed by atoms with Crippen LogP contribution in [0, 0.1) is 0 Å². The van der Waals surface area contributed by atoms with Crippen molar-refractivity contribution in [3.63, 3.8) is 0 Å². The third kappa shape index (κ3) is 3.52. The van der Waals surface area contributed by atoms with E-state index in [0.717, 1.165) is 11.3 Å². The summed E-state index contributed by atoms with van der Waals surface area (Å²) in [6, 6.07) is 33.1. The molecule has 0 aromatic heterocycles. The minimum absolute atomic E-state index is 0.221. The Bertz CT molecular complexity index is 1350. The zero-order valence-electron chi connectivity index (χ0n) is 21.1. The smallest absolute Gasteiger partial charge is 0.130 e. The quantitative estimate of drug-likeness (QED) is 0.270. The summed E-state index contributed by atoms with van der Waals surface area (Å²) in [5.74, 6) is 0.969. The van der Waals surface area contributed by atoms with Gasteiger partial charge in [0.05, 0.1) is 15.2 Å². The molecule has 2 heteroatoms. The van der Waals surface area contributed by atoms with E-state index < -0.39 is 8.07 Å². The summed E-state index contributed by atoms with van der Waals surface area (Å²) in [6.45, 7) is 12.2. The van der Waals surface area contributed by atoms with Crippen LogP contribution in [0.3, 0.4) is 0 Å². The molecule has 0 saturated carbocycles. The number of ether oxygens (including phenoxy) is 1. The van der Waals surface area contributed by atoms with E-state index in [1.165, 1.54) is 38.9 Å². The Balaban J connectivity index is 1.75. The second-order valence-electron chi connectivity index (χ2n) is 11.0. The number of methoxy groups -OCH3 is 1. The fourth-order valence-corrected chi connectivity index (χ4v) is 8.31.